The summed E-state index contributed by atoms with van der Waals surface area (Å²) in [5.74, 6) is 2.07. The molecule has 0 aliphatic rings. The van der Waals surface area contributed by atoms with Crippen molar-refractivity contribution in [3.05, 3.63) is 47.1 Å². The van der Waals surface area contributed by atoms with E-state index in [-0.39, 0.29) is 5.91 Å². The second-order valence-corrected chi connectivity index (χ2v) is 6.44. The maximum absolute atomic E-state index is 12.0. The average molecular weight is 408 g/mol. The largest absolute Gasteiger partial charge is 0.497 e. The van der Waals surface area contributed by atoms with Gasteiger partial charge in [-0.1, -0.05) is 0 Å². The Labute approximate surface area is 156 Å². The zero-order valence-electron chi connectivity index (χ0n) is 14.4. The van der Waals surface area contributed by atoms with Crippen LogP contribution in [0.1, 0.15) is 6.42 Å². The lowest BCUT2D eigenvalue weighted by Gasteiger charge is -2.16. The van der Waals surface area contributed by atoms with E-state index < -0.39 is 0 Å². The normalized spacial score (nSPS) is 10.6. The van der Waals surface area contributed by atoms with Crippen molar-refractivity contribution in [1.29, 1.82) is 0 Å². The number of amides is 1. The fraction of sp³-hybridized carbons (Fsp3) is 0.333. The minimum Gasteiger partial charge on any atom is -0.497 e. The second-order valence-electron chi connectivity index (χ2n) is 5.53. The van der Waals surface area contributed by atoms with Crippen molar-refractivity contribution in [3.63, 3.8) is 0 Å². The van der Waals surface area contributed by atoms with Crippen molar-refractivity contribution in [2.75, 3.05) is 39.2 Å². The third kappa shape index (κ3) is 7.11. The Kier molecular flexibility index (Phi) is 7.69. The Hall–Kier alpha value is -2.12. The Morgan fingerprint density at radius 2 is 1.92 bits per heavy atom. The molecule has 0 aliphatic carbocycles. The van der Waals surface area contributed by atoms with E-state index >= 15 is 0 Å². The highest BCUT2D eigenvalue weighted by molar-refractivity contribution is 9.10. The smallest absolute Gasteiger partial charge is 0.239 e. The predicted molar refractivity (Wildman–Crippen MR) is 101 cm³/mol. The van der Waals surface area contributed by atoms with Gasteiger partial charge in [-0.25, -0.2) is 4.98 Å². The lowest BCUT2D eigenvalue weighted by molar-refractivity contribution is -0.117. The summed E-state index contributed by atoms with van der Waals surface area (Å²) in [5.41, 5.74) is 0. The third-order valence-electron chi connectivity index (χ3n) is 3.42. The van der Waals surface area contributed by atoms with E-state index in [1.165, 1.54) is 0 Å². The van der Waals surface area contributed by atoms with Crippen molar-refractivity contribution in [2.24, 2.45) is 0 Å². The Bertz CT molecular complexity index is 662. The zero-order valence-corrected chi connectivity index (χ0v) is 16.0. The number of rotatable bonds is 9. The fourth-order valence-corrected chi connectivity index (χ4v) is 2.39. The van der Waals surface area contributed by atoms with Crippen LogP contribution in [0.2, 0.25) is 0 Å². The molecule has 0 saturated carbocycles. The van der Waals surface area contributed by atoms with Gasteiger partial charge in [0.25, 0.3) is 0 Å². The summed E-state index contributed by atoms with van der Waals surface area (Å²) >= 11 is 3.31. The lowest BCUT2D eigenvalue weighted by Crippen LogP contribution is -2.31. The van der Waals surface area contributed by atoms with Crippen molar-refractivity contribution >= 4 is 27.7 Å². The summed E-state index contributed by atoms with van der Waals surface area (Å²) in [4.78, 5) is 18.0. The number of nitrogens with one attached hydrogen (secondary N) is 1. The van der Waals surface area contributed by atoms with Gasteiger partial charge in [-0.15, -0.1) is 0 Å². The molecule has 0 aliphatic heterocycles. The van der Waals surface area contributed by atoms with Gasteiger partial charge in [-0.3, -0.25) is 9.69 Å². The van der Waals surface area contributed by atoms with Crippen LogP contribution in [-0.4, -0.2) is 49.6 Å². The van der Waals surface area contributed by atoms with E-state index in [9.17, 15) is 4.79 Å². The van der Waals surface area contributed by atoms with Crippen LogP contribution in [-0.2, 0) is 4.79 Å². The van der Waals surface area contributed by atoms with Crippen molar-refractivity contribution in [1.82, 2.24) is 9.88 Å². The van der Waals surface area contributed by atoms with E-state index in [2.05, 4.69) is 26.2 Å². The topological polar surface area (TPSA) is 63.7 Å². The lowest BCUT2D eigenvalue weighted by atomic mass is 10.3. The number of carbonyl (C=O) groups is 1. The summed E-state index contributed by atoms with van der Waals surface area (Å²) < 4.78 is 11.6. The van der Waals surface area contributed by atoms with Gasteiger partial charge < -0.3 is 14.8 Å². The summed E-state index contributed by atoms with van der Waals surface area (Å²) in [6, 6.07) is 11.1. The maximum atomic E-state index is 12.0. The molecule has 25 heavy (non-hydrogen) atoms. The second kappa shape index (κ2) is 10.0. The van der Waals surface area contributed by atoms with E-state index in [0.29, 0.717) is 19.0 Å². The average Bonchev–Trinajstić information content (AvgIpc) is 2.61. The predicted octanol–water partition coefficient (Wildman–Crippen LogP) is 3.19. The number of hydrogen-bond donors (Lipinski definition) is 1. The number of halogens is 1. The van der Waals surface area contributed by atoms with Gasteiger partial charge in [-0.05, 0) is 65.8 Å². The number of likely N-dealkylation sites (N-methyl/N-ethyl adjacent to an activating group) is 1. The highest BCUT2D eigenvalue weighted by Gasteiger charge is 2.07. The highest BCUT2D eigenvalue weighted by atomic mass is 79.9. The van der Waals surface area contributed by atoms with Crippen LogP contribution >= 0.6 is 15.9 Å². The quantitative estimate of drug-likeness (QED) is 0.646. The molecule has 0 atom stereocenters. The van der Waals surface area contributed by atoms with Gasteiger partial charge in [-0.2, -0.15) is 0 Å². The number of anilines is 1. The molecule has 2 aromatic rings. The fourth-order valence-electron chi connectivity index (χ4n) is 2.15. The Balaban J connectivity index is 1.63. The van der Waals surface area contributed by atoms with Gasteiger partial charge in [0.05, 0.1) is 20.3 Å². The van der Waals surface area contributed by atoms with Crippen LogP contribution in [0, 0.1) is 0 Å². The minimum atomic E-state index is -0.0894. The molecule has 1 amide bonds. The molecule has 1 aromatic heterocycles. The molecule has 6 nitrogen and oxygen atoms in total. The van der Waals surface area contributed by atoms with E-state index in [1.807, 2.05) is 42.3 Å². The van der Waals surface area contributed by atoms with Crippen LogP contribution in [0.25, 0.3) is 0 Å². The molecule has 0 spiro atoms. The van der Waals surface area contributed by atoms with Crippen molar-refractivity contribution in [3.8, 4) is 11.5 Å². The molecule has 2 rings (SSSR count). The first-order valence-corrected chi connectivity index (χ1v) is 8.73. The summed E-state index contributed by atoms with van der Waals surface area (Å²) in [7, 11) is 3.54. The Morgan fingerprint density at radius 1 is 1.20 bits per heavy atom. The monoisotopic (exact) mass is 407 g/mol. The molecule has 1 heterocycles. The number of pyridine rings is 1. The first-order chi connectivity index (χ1) is 12.1. The Morgan fingerprint density at radius 3 is 2.56 bits per heavy atom. The van der Waals surface area contributed by atoms with E-state index in [0.717, 1.165) is 28.9 Å². The van der Waals surface area contributed by atoms with E-state index in [4.69, 9.17) is 9.47 Å². The van der Waals surface area contributed by atoms with Gasteiger partial charge >= 0.3 is 0 Å². The minimum absolute atomic E-state index is 0.0894. The molecule has 134 valence electrons. The van der Waals surface area contributed by atoms with Gasteiger partial charge in [0, 0.05) is 17.2 Å². The van der Waals surface area contributed by atoms with Gasteiger partial charge in [0.1, 0.15) is 17.3 Å². The number of methoxy groups -OCH3 is 1. The van der Waals surface area contributed by atoms with Crippen LogP contribution in [0.3, 0.4) is 0 Å². The third-order valence-corrected chi connectivity index (χ3v) is 3.89. The number of benzene rings is 1. The molecular weight excluding hydrogens is 386 g/mol. The number of carbonyl (C=O) groups excluding carboxylic acids is 1. The molecule has 1 N–H and O–H groups in total. The number of nitrogens with zero attached hydrogens (tertiary/aromatic N) is 2. The van der Waals surface area contributed by atoms with Crippen LogP contribution < -0.4 is 14.8 Å². The molecule has 0 unspecified atom stereocenters. The van der Waals surface area contributed by atoms with Gasteiger partial charge in [0.15, 0.2) is 0 Å². The highest BCUT2D eigenvalue weighted by Crippen LogP contribution is 2.17. The molecular formula is C18H22BrN3O3. The van der Waals surface area contributed by atoms with Crippen LogP contribution in [0.4, 0.5) is 5.82 Å². The number of hydrogen-bond acceptors (Lipinski definition) is 5. The van der Waals surface area contributed by atoms with E-state index in [1.54, 1.807) is 19.4 Å². The first kappa shape index (κ1) is 19.2. The summed E-state index contributed by atoms with van der Waals surface area (Å²) in [6.07, 6.45) is 2.47. The molecule has 0 saturated heterocycles. The SMILES string of the molecule is COc1ccc(OCCCN(C)CC(=O)Nc2ccc(Br)cn2)cc1. The molecule has 7 heteroatoms. The van der Waals surface area contributed by atoms with Crippen LogP contribution in [0.5, 0.6) is 11.5 Å². The van der Waals surface area contributed by atoms with Crippen LogP contribution in [0.15, 0.2) is 47.1 Å². The summed E-state index contributed by atoms with van der Waals surface area (Å²) in [6.45, 7) is 1.66. The first-order valence-electron chi connectivity index (χ1n) is 7.93. The standard InChI is InChI=1S/C18H22BrN3O3/c1-22(13-18(23)21-17-9-4-14(19)12-20-17)10-3-11-25-16-7-5-15(24-2)6-8-16/h4-9,12H,3,10-11,13H2,1-2H3,(H,20,21,23). The van der Waals surface area contributed by atoms with Crippen molar-refractivity contribution < 1.29 is 14.3 Å². The van der Waals surface area contributed by atoms with Crippen molar-refractivity contribution in [2.45, 2.75) is 6.42 Å². The number of aromatic nitrogens is 1. The maximum Gasteiger partial charge on any atom is 0.239 e. The van der Waals surface area contributed by atoms with Gasteiger partial charge in [0.2, 0.25) is 5.91 Å². The number of ether oxygens (including phenoxy) is 2. The molecule has 1 aromatic carbocycles. The molecule has 0 bridgehead atoms. The summed E-state index contributed by atoms with van der Waals surface area (Å²) in [5, 5.41) is 2.77. The zero-order chi connectivity index (χ0) is 18.1. The molecule has 0 radical (unpaired) electrons. The molecule has 0 fully saturated rings.